The fraction of sp³-hybridized carbons (Fsp3) is 0. The lowest BCUT2D eigenvalue weighted by molar-refractivity contribution is -0.385. The van der Waals surface area contributed by atoms with E-state index in [0.29, 0.717) is 0 Å². The molecule has 0 atom stereocenters. The summed E-state index contributed by atoms with van der Waals surface area (Å²) in [6.07, 6.45) is 1.000. The summed E-state index contributed by atoms with van der Waals surface area (Å²) in [5, 5.41) is 10.6. The predicted octanol–water partition coefficient (Wildman–Crippen LogP) is 2.42. The van der Waals surface area contributed by atoms with Crippen molar-refractivity contribution in [2.45, 2.75) is 0 Å². The first kappa shape index (κ1) is 9.45. The van der Waals surface area contributed by atoms with Crippen molar-refractivity contribution in [3.8, 4) is 0 Å². The Labute approximate surface area is 82.3 Å². The van der Waals surface area contributed by atoms with E-state index >= 15 is 0 Å². The van der Waals surface area contributed by atoms with Crippen molar-refractivity contribution in [1.29, 1.82) is 0 Å². The molecule has 1 aromatic carbocycles. The summed E-state index contributed by atoms with van der Waals surface area (Å²) in [6, 6.07) is 2.92. The molecule has 2 aromatic rings. The molecule has 15 heavy (non-hydrogen) atoms. The fourth-order valence-electron chi connectivity index (χ4n) is 1.21. The second kappa shape index (κ2) is 3.23. The molecular formula is C9H4F2N2O2. The quantitative estimate of drug-likeness (QED) is 0.536. The zero-order chi connectivity index (χ0) is 11.0. The zero-order valence-electron chi connectivity index (χ0n) is 7.28. The van der Waals surface area contributed by atoms with Crippen LogP contribution in [0.5, 0.6) is 0 Å². The number of aromatic nitrogens is 1. The summed E-state index contributed by atoms with van der Waals surface area (Å²) < 4.78 is 25.6. The van der Waals surface area contributed by atoms with Gasteiger partial charge < -0.3 is 0 Å². The van der Waals surface area contributed by atoms with Crippen LogP contribution in [0.25, 0.3) is 10.9 Å². The van der Waals surface area contributed by atoms with Gasteiger partial charge in [-0.25, -0.2) is 13.8 Å². The Morgan fingerprint density at radius 2 is 1.87 bits per heavy atom. The minimum Gasteiger partial charge on any atom is -0.258 e. The molecule has 0 aliphatic heterocycles. The highest BCUT2D eigenvalue weighted by Gasteiger charge is 2.10. The van der Waals surface area contributed by atoms with Crippen LogP contribution in [0.4, 0.5) is 14.5 Å². The Kier molecular flexibility index (Phi) is 2.03. The first-order chi connectivity index (χ1) is 7.08. The second-order valence-electron chi connectivity index (χ2n) is 2.91. The van der Waals surface area contributed by atoms with E-state index in [4.69, 9.17) is 0 Å². The Morgan fingerprint density at radius 3 is 2.53 bits per heavy atom. The maximum absolute atomic E-state index is 12.8. The van der Waals surface area contributed by atoms with Crippen molar-refractivity contribution >= 4 is 16.6 Å². The van der Waals surface area contributed by atoms with Gasteiger partial charge in [-0.3, -0.25) is 10.1 Å². The van der Waals surface area contributed by atoms with Crippen LogP contribution in [0.3, 0.4) is 0 Å². The normalized spacial score (nSPS) is 10.5. The van der Waals surface area contributed by atoms with Crippen LogP contribution in [0, 0.1) is 21.7 Å². The summed E-state index contributed by atoms with van der Waals surface area (Å²) in [4.78, 5) is 13.4. The maximum atomic E-state index is 12.8. The Balaban J connectivity index is 2.72. The van der Waals surface area contributed by atoms with E-state index in [1.807, 2.05) is 0 Å². The largest absolute Gasteiger partial charge is 0.288 e. The summed E-state index contributed by atoms with van der Waals surface area (Å²) in [7, 11) is 0. The fourth-order valence-corrected chi connectivity index (χ4v) is 1.21. The van der Waals surface area contributed by atoms with Crippen molar-refractivity contribution in [2.75, 3.05) is 0 Å². The minimum absolute atomic E-state index is 0.180. The number of hydrogen-bond acceptors (Lipinski definition) is 3. The zero-order valence-corrected chi connectivity index (χ0v) is 7.28. The number of benzene rings is 1. The number of hydrogen-bond donors (Lipinski definition) is 0. The van der Waals surface area contributed by atoms with Crippen molar-refractivity contribution in [3.63, 3.8) is 0 Å². The lowest BCUT2D eigenvalue weighted by atomic mass is 10.2. The van der Waals surface area contributed by atoms with Crippen molar-refractivity contribution in [3.05, 3.63) is 46.1 Å². The predicted molar refractivity (Wildman–Crippen MR) is 48.3 cm³/mol. The molecule has 0 N–H and O–H groups in total. The third-order valence-corrected chi connectivity index (χ3v) is 1.92. The third-order valence-electron chi connectivity index (χ3n) is 1.92. The van der Waals surface area contributed by atoms with Gasteiger partial charge in [-0.05, 0) is 6.07 Å². The van der Waals surface area contributed by atoms with Gasteiger partial charge >= 0.3 is 0 Å². The number of fused-ring (bicyclic) bond motifs is 1. The van der Waals surface area contributed by atoms with E-state index in [0.717, 1.165) is 24.4 Å². The molecule has 4 nitrogen and oxygen atoms in total. The Morgan fingerprint density at radius 1 is 1.20 bits per heavy atom. The first-order valence-corrected chi connectivity index (χ1v) is 3.97. The van der Waals surface area contributed by atoms with Crippen LogP contribution in [0.1, 0.15) is 0 Å². The van der Waals surface area contributed by atoms with Gasteiger partial charge in [0.2, 0.25) is 0 Å². The standard InChI is InChI=1S/C9H4F2N2O2/c10-7-2-5-1-6(13(14)15)4-12-9(5)3-8(7)11/h1-4H. The van der Waals surface area contributed by atoms with Gasteiger partial charge in [0, 0.05) is 17.5 Å². The van der Waals surface area contributed by atoms with Gasteiger partial charge in [0.25, 0.3) is 5.69 Å². The molecule has 0 spiro atoms. The minimum atomic E-state index is -1.05. The van der Waals surface area contributed by atoms with E-state index < -0.39 is 16.6 Å². The molecule has 6 heteroatoms. The summed E-state index contributed by atoms with van der Waals surface area (Å²) >= 11 is 0. The van der Waals surface area contributed by atoms with Crippen LogP contribution in [0.15, 0.2) is 24.4 Å². The molecular weight excluding hydrogens is 206 g/mol. The monoisotopic (exact) mass is 210 g/mol. The summed E-state index contributed by atoms with van der Waals surface area (Å²) in [5.41, 5.74) is -0.0759. The van der Waals surface area contributed by atoms with E-state index in [-0.39, 0.29) is 16.6 Å². The number of pyridine rings is 1. The number of nitrogens with zero attached hydrogens (tertiary/aromatic N) is 2. The molecule has 0 radical (unpaired) electrons. The van der Waals surface area contributed by atoms with Gasteiger partial charge in [-0.2, -0.15) is 0 Å². The van der Waals surface area contributed by atoms with Gasteiger partial charge in [0.05, 0.1) is 10.4 Å². The van der Waals surface area contributed by atoms with Crippen molar-refractivity contribution in [2.24, 2.45) is 0 Å². The van der Waals surface area contributed by atoms with Crippen molar-refractivity contribution < 1.29 is 13.7 Å². The van der Waals surface area contributed by atoms with Crippen LogP contribution in [0.2, 0.25) is 0 Å². The molecule has 2 rings (SSSR count). The lowest BCUT2D eigenvalue weighted by Crippen LogP contribution is -1.91. The smallest absolute Gasteiger partial charge is 0.258 e. The van der Waals surface area contributed by atoms with Gasteiger partial charge in [-0.1, -0.05) is 0 Å². The Bertz CT molecular complexity index is 557. The van der Waals surface area contributed by atoms with Gasteiger partial charge in [0.15, 0.2) is 11.6 Å². The molecule has 0 bridgehead atoms. The molecule has 1 heterocycles. The highest BCUT2D eigenvalue weighted by molar-refractivity contribution is 5.80. The average molecular weight is 210 g/mol. The number of nitro groups is 1. The lowest BCUT2D eigenvalue weighted by Gasteiger charge is -1.98. The highest BCUT2D eigenvalue weighted by Crippen LogP contribution is 2.20. The van der Waals surface area contributed by atoms with E-state index in [1.54, 1.807) is 0 Å². The van der Waals surface area contributed by atoms with Crippen LogP contribution in [-0.4, -0.2) is 9.91 Å². The highest BCUT2D eigenvalue weighted by atomic mass is 19.2. The second-order valence-corrected chi connectivity index (χ2v) is 2.91. The average Bonchev–Trinajstić information content (AvgIpc) is 2.19. The number of halogens is 2. The molecule has 0 unspecified atom stereocenters. The molecule has 0 fully saturated rings. The summed E-state index contributed by atoms with van der Waals surface area (Å²) in [6.45, 7) is 0. The molecule has 0 aliphatic carbocycles. The first-order valence-electron chi connectivity index (χ1n) is 3.97. The molecule has 0 amide bonds. The maximum Gasteiger partial charge on any atom is 0.288 e. The van der Waals surface area contributed by atoms with Crippen LogP contribution < -0.4 is 0 Å². The SMILES string of the molecule is O=[N+]([O-])c1cnc2cc(F)c(F)cc2c1. The van der Waals surface area contributed by atoms with Crippen LogP contribution >= 0.6 is 0 Å². The third kappa shape index (κ3) is 1.61. The molecule has 1 aromatic heterocycles. The van der Waals surface area contributed by atoms with E-state index in [1.165, 1.54) is 0 Å². The molecule has 76 valence electrons. The Hall–Kier alpha value is -2.11. The molecule has 0 saturated carbocycles. The van der Waals surface area contributed by atoms with E-state index in [2.05, 4.69) is 4.98 Å². The summed E-state index contributed by atoms with van der Waals surface area (Å²) in [5.74, 6) is -2.08. The molecule has 0 aliphatic rings. The van der Waals surface area contributed by atoms with Gasteiger partial charge in [-0.15, -0.1) is 0 Å². The van der Waals surface area contributed by atoms with Crippen LogP contribution in [-0.2, 0) is 0 Å². The molecule has 0 saturated heterocycles. The number of rotatable bonds is 1. The van der Waals surface area contributed by atoms with Crippen molar-refractivity contribution in [1.82, 2.24) is 4.98 Å². The van der Waals surface area contributed by atoms with E-state index in [9.17, 15) is 18.9 Å². The topological polar surface area (TPSA) is 56.0 Å². The van der Waals surface area contributed by atoms with Gasteiger partial charge in [0.1, 0.15) is 6.20 Å².